The molecular formula is C34H36Cl2N4O3S. The molecule has 2 aliphatic heterocycles. The van der Waals surface area contributed by atoms with Crippen LogP contribution < -0.4 is 5.32 Å². The molecule has 1 aromatic heterocycles. The zero-order chi connectivity index (χ0) is 30.7. The molecule has 0 bridgehead atoms. The third kappa shape index (κ3) is 6.37. The Morgan fingerprint density at radius 3 is 2.55 bits per heavy atom. The quantitative estimate of drug-likeness (QED) is 0.183. The highest BCUT2D eigenvalue weighted by Gasteiger charge is 2.59. The van der Waals surface area contributed by atoms with Gasteiger partial charge in [-0.05, 0) is 61.9 Å². The number of carbonyl (C=O) groups is 2. The highest BCUT2D eigenvalue weighted by atomic mass is 35.5. The lowest BCUT2D eigenvalue weighted by Gasteiger charge is -2.39. The number of amides is 2. The lowest BCUT2D eigenvalue weighted by molar-refractivity contribution is -0.131. The van der Waals surface area contributed by atoms with E-state index in [-0.39, 0.29) is 24.3 Å². The van der Waals surface area contributed by atoms with Crippen LogP contribution in [-0.2, 0) is 14.3 Å². The number of likely N-dealkylation sites (tertiary alicyclic amines) is 1. The molecule has 3 atom stereocenters. The molecule has 2 N–H and O–H groups in total. The first-order chi connectivity index (χ1) is 21.4. The molecule has 2 aliphatic rings. The third-order valence-electron chi connectivity index (χ3n) is 8.63. The Labute approximate surface area is 272 Å². The van der Waals surface area contributed by atoms with Gasteiger partial charge >= 0.3 is 0 Å². The number of halogens is 2. The lowest BCUT2D eigenvalue weighted by atomic mass is 9.90. The topological polar surface area (TPSA) is 77.7 Å². The average molecular weight is 652 g/mol. The van der Waals surface area contributed by atoms with Crippen molar-refractivity contribution in [2.24, 2.45) is 0 Å². The van der Waals surface area contributed by atoms with E-state index in [4.69, 9.17) is 27.9 Å². The Hall–Kier alpha value is -3.01. The van der Waals surface area contributed by atoms with E-state index in [0.717, 1.165) is 66.2 Å². The van der Waals surface area contributed by atoms with Gasteiger partial charge in [-0.1, -0.05) is 59.6 Å². The minimum Gasteiger partial charge on any atom is -0.379 e. The van der Waals surface area contributed by atoms with Gasteiger partial charge in [0.05, 0.1) is 31.7 Å². The van der Waals surface area contributed by atoms with E-state index in [1.54, 1.807) is 0 Å². The van der Waals surface area contributed by atoms with Gasteiger partial charge in [-0.3, -0.25) is 14.5 Å². The fourth-order valence-electron chi connectivity index (χ4n) is 6.39. The number of aromatic amines is 1. The minimum absolute atomic E-state index is 0.0602. The van der Waals surface area contributed by atoms with Gasteiger partial charge < -0.3 is 19.9 Å². The van der Waals surface area contributed by atoms with Crippen molar-refractivity contribution in [1.82, 2.24) is 20.1 Å². The van der Waals surface area contributed by atoms with Gasteiger partial charge in [0.25, 0.3) is 0 Å². The monoisotopic (exact) mass is 650 g/mol. The first-order valence-electron chi connectivity index (χ1n) is 15.0. The molecule has 0 saturated carbocycles. The van der Waals surface area contributed by atoms with Gasteiger partial charge in [0.2, 0.25) is 11.8 Å². The van der Waals surface area contributed by atoms with Gasteiger partial charge in [-0.2, -0.15) is 0 Å². The standard InChI is InChI=1S/C34H36Cl2N4O3S/c1-23(24-8-10-25(35)11-9-24)40-31(41)21-34(44-27-6-3-2-4-7-27,33(42)37-14-5-15-39-16-18-43-19-17-39)32(40)29-22-38-30-20-26(36)12-13-28(29)30/h2-4,6-13,20,22-23,32,38H,5,14-19,21H2,1H3,(H,37,42)/t23-,32+,34-/m1/s1. The summed E-state index contributed by atoms with van der Waals surface area (Å²) in [5.41, 5.74) is 2.69. The van der Waals surface area contributed by atoms with Crippen LogP contribution in [-0.4, -0.2) is 70.7 Å². The number of fused-ring (bicyclic) bond motifs is 1. The Bertz CT molecular complexity index is 1610. The fourth-order valence-corrected chi connectivity index (χ4v) is 8.12. The maximum Gasteiger partial charge on any atom is 0.239 e. The highest BCUT2D eigenvalue weighted by Crippen LogP contribution is 2.56. The smallest absolute Gasteiger partial charge is 0.239 e. The highest BCUT2D eigenvalue weighted by molar-refractivity contribution is 8.01. The van der Waals surface area contributed by atoms with E-state index < -0.39 is 10.8 Å². The summed E-state index contributed by atoms with van der Waals surface area (Å²) < 4.78 is 4.34. The second-order valence-electron chi connectivity index (χ2n) is 11.4. The lowest BCUT2D eigenvalue weighted by Crippen LogP contribution is -2.49. The van der Waals surface area contributed by atoms with E-state index in [1.807, 2.05) is 90.8 Å². The number of rotatable bonds is 10. The van der Waals surface area contributed by atoms with E-state index in [1.165, 1.54) is 11.8 Å². The molecule has 0 aliphatic carbocycles. The first-order valence-corrected chi connectivity index (χ1v) is 16.6. The van der Waals surface area contributed by atoms with Gasteiger partial charge in [0.1, 0.15) is 4.75 Å². The van der Waals surface area contributed by atoms with Crippen molar-refractivity contribution < 1.29 is 14.3 Å². The van der Waals surface area contributed by atoms with Gasteiger partial charge in [-0.25, -0.2) is 0 Å². The van der Waals surface area contributed by atoms with Crippen LogP contribution in [0, 0.1) is 0 Å². The molecule has 230 valence electrons. The number of thioether (sulfide) groups is 1. The van der Waals surface area contributed by atoms with Crippen LogP contribution in [0.1, 0.15) is 43.0 Å². The summed E-state index contributed by atoms with van der Waals surface area (Å²) in [4.78, 5) is 37.4. The van der Waals surface area contributed by atoms with Crippen molar-refractivity contribution in [2.75, 3.05) is 39.4 Å². The van der Waals surface area contributed by atoms with Crippen molar-refractivity contribution in [3.05, 3.63) is 100 Å². The molecule has 7 nitrogen and oxygen atoms in total. The molecule has 0 radical (unpaired) electrons. The van der Waals surface area contributed by atoms with Crippen molar-refractivity contribution >= 4 is 57.7 Å². The summed E-state index contributed by atoms with van der Waals surface area (Å²) in [5.74, 6) is -0.214. The summed E-state index contributed by atoms with van der Waals surface area (Å²) in [6.45, 7) is 6.71. The Kier molecular flexibility index (Phi) is 9.54. The number of hydrogen-bond donors (Lipinski definition) is 2. The molecule has 44 heavy (non-hydrogen) atoms. The molecule has 6 rings (SSSR count). The predicted molar refractivity (Wildman–Crippen MR) is 177 cm³/mol. The molecule has 10 heteroatoms. The number of carbonyl (C=O) groups excluding carboxylic acids is 2. The zero-order valence-electron chi connectivity index (χ0n) is 24.6. The molecule has 3 aromatic carbocycles. The number of benzene rings is 3. The maximum atomic E-state index is 14.6. The largest absolute Gasteiger partial charge is 0.379 e. The summed E-state index contributed by atoms with van der Waals surface area (Å²) in [7, 11) is 0. The van der Waals surface area contributed by atoms with E-state index >= 15 is 0 Å². The number of aromatic nitrogens is 1. The van der Waals surface area contributed by atoms with E-state index in [0.29, 0.717) is 16.6 Å². The van der Waals surface area contributed by atoms with E-state index in [9.17, 15) is 9.59 Å². The van der Waals surface area contributed by atoms with Crippen LogP contribution >= 0.6 is 35.0 Å². The second-order valence-corrected chi connectivity index (χ2v) is 13.7. The second kappa shape index (κ2) is 13.5. The van der Waals surface area contributed by atoms with E-state index in [2.05, 4.69) is 15.2 Å². The van der Waals surface area contributed by atoms with Crippen molar-refractivity contribution in [3.8, 4) is 0 Å². The Morgan fingerprint density at radius 1 is 1.07 bits per heavy atom. The molecule has 3 heterocycles. The fraction of sp³-hybridized carbons (Fsp3) is 0.353. The van der Waals surface area contributed by atoms with Gasteiger partial charge in [0, 0.05) is 57.2 Å². The normalized spacial score (nSPS) is 21.6. The van der Waals surface area contributed by atoms with Crippen molar-refractivity contribution in [3.63, 3.8) is 0 Å². The number of nitrogens with zero attached hydrogens (tertiary/aromatic N) is 2. The molecule has 0 unspecified atom stereocenters. The maximum absolute atomic E-state index is 14.6. The SMILES string of the molecule is C[C@H](c1ccc(Cl)cc1)N1C(=O)C[C@](Sc2ccccc2)(C(=O)NCCCN2CCOCC2)[C@@H]1c1c[nH]c2cc(Cl)ccc12. The van der Waals surface area contributed by atoms with Crippen LogP contribution in [0.15, 0.2) is 83.9 Å². The minimum atomic E-state index is -1.13. The summed E-state index contributed by atoms with van der Waals surface area (Å²) in [6.07, 6.45) is 2.80. The molecular weight excluding hydrogens is 615 g/mol. The number of ether oxygens (including phenoxy) is 1. The summed E-state index contributed by atoms with van der Waals surface area (Å²) >= 11 is 14.0. The van der Waals surface area contributed by atoms with Gasteiger partial charge in [0.15, 0.2) is 0 Å². The first kappa shape index (κ1) is 31.0. The van der Waals surface area contributed by atoms with Crippen LogP contribution in [0.4, 0.5) is 0 Å². The van der Waals surface area contributed by atoms with Crippen LogP contribution in [0.3, 0.4) is 0 Å². The number of morpholine rings is 1. The molecule has 2 saturated heterocycles. The zero-order valence-corrected chi connectivity index (χ0v) is 26.9. The molecule has 0 spiro atoms. The molecule has 4 aromatic rings. The predicted octanol–water partition coefficient (Wildman–Crippen LogP) is 6.88. The Morgan fingerprint density at radius 2 is 1.80 bits per heavy atom. The van der Waals surface area contributed by atoms with Crippen molar-refractivity contribution in [1.29, 1.82) is 0 Å². The molecule has 2 fully saturated rings. The number of H-pyrrole nitrogens is 1. The van der Waals surface area contributed by atoms with Crippen LogP contribution in [0.5, 0.6) is 0 Å². The summed E-state index contributed by atoms with van der Waals surface area (Å²) in [5, 5.41) is 5.43. The molecule has 2 amide bonds. The van der Waals surface area contributed by atoms with Crippen LogP contribution in [0.2, 0.25) is 10.0 Å². The van der Waals surface area contributed by atoms with Crippen LogP contribution in [0.25, 0.3) is 10.9 Å². The average Bonchev–Trinajstić information content (AvgIpc) is 3.57. The van der Waals surface area contributed by atoms with Gasteiger partial charge in [-0.15, -0.1) is 11.8 Å². The third-order valence-corrected chi connectivity index (χ3v) is 10.5. The Balaban J connectivity index is 1.41. The van der Waals surface area contributed by atoms with Crippen molar-refractivity contribution in [2.45, 2.75) is 41.5 Å². The number of hydrogen-bond acceptors (Lipinski definition) is 5. The summed E-state index contributed by atoms with van der Waals surface area (Å²) in [6, 6.07) is 22.3. The number of nitrogens with one attached hydrogen (secondary N) is 2.